The zero-order valence-electron chi connectivity index (χ0n) is 16.7. The molecule has 1 aliphatic heterocycles. The van der Waals surface area contributed by atoms with Gasteiger partial charge in [0.2, 0.25) is 0 Å². The fourth-order valence-electron chi connectivity index (χ4n) is 4.06. The first-order chi connectivity index (χ1) is 14.9. The number of carboxylic acid groups (broad SMARTS) is 1. The van der Waals surface area contributed by atoms with Crippen molar-refractivity contribution in [2.45, 2.75) is 19.4 Å². The van der Waals surface area contributed by atoms with E-state index in [9.17, 15) is 19.8 Å². The number of pyridine rings is 1. The van der Waals surface area contributed by atoms with Crippen molar-refractivity contribution in [3.05, 3.63) is 53.2 Å². The zero-order chi connectivity index (χ0) is 21.7. The molecule has 0 aliphatic carbocycles. The summed E-state index contributed by atoms with van der Waals surface area (Å²) < 4.78 is 2.13. The number of hydrogen-bond acceptors (Lipinski definition) is 6. The van der Waals surface area contributed by atoms with E-state index >= 15 is 0 Å². The number of nitrogens with one attached hydrogen (secondary N) is 1. The summed E-state index contributed by atoms with van der Waals surface area (Å²) >= 11 is 1.37. The first kappa shape index (κ1) is 19.5. The average Bonchev–Trinajstić information content (AvgIpc) is 3.43. The molecular formula is C22H20N4O4S. The second-order valence-electron chi connectivity index (χ2n) is 7.68. The number of aliphatic hydroxyl groups excluding tert-OH is 1. The molecule has 1 fully saturated rings. The Labute approximate surface area is 181 Å². The van der Waals surface area contributed by atoms with Crippen LogP contribution in [0.3, 0.4) is 0 Å². The molecule has 8 nitrogen and oxygen atoms in total. The van der Waals surface area contributed by atoms with Crippen LogP contribution in [0.4, 0.5) is 16.2 Å². The van der Waals surface area contributed by atoms with Gasteiger partial charge in [-0.3, -0.25) is 14.3 Å². The van der Waals surface area contributed by atoms with Gasteiger partial charge in [0.25, 0.3) is 5.91 Å². The van der Waals surface area contributed by atoms with Crippen LogP contribution < -0.4 is 5.32 Å². The number of aromatic nitrogens is 2. The van der Waals surface area contributed by atoms with Gasteiger partial charge >= 0.3 is 6.09 Å². The lowest BCUT2D eigenvalue weighted by molar-refractivity contribution is 0.0769. The molecule has 1 unspecified atom stereocenters. The highest BCUT2D eigenvalue weighted by Crippen LogP contribution is 2.34. The number of aryl methyl sites for hydroxylation is 1. The number of hydrogen-bond donors (Lipinski definition) is 3. The molecule has 3 aromatic heterocycles. The standard InChI is InChI=1S/C22H20N4O4S/c1-12-8-13-9-14(2-3-18(13)26(12)22(29)30)24-16-4-6-23-17-10-19(31-20(16)17)21(28)25-7-5-15(27)11-25/h2-4,6,8-10,15,27H,5,7,11H2,1H3,(H,23,24)(H,29,30). The topological polar surface area (TPSA) is 108 Å². The van der Waals surface area contributed by atoms with Gasteiger partial charge in [0.1, 0.15) is 0 Å². The Morgan fingerprint density at radius 3 is 2.81 bits per heavy atom. The minimum Gasteiger partial charge on any atom is -0.464 e. The molecule has 1 aliphatic rings. The predicted molar refractivity (Wildman–Crippen MR) is 120 cm³/mol. The van der Waals surface area contributed by atoms with Gasteiger partial charge < -0.3 is 20.4 Å². The molecule has 0 saturated carbocycles. The van der Waals surface area contributed by atoms with Crippen LogP contribution in [0.2, 0.25) is 0 Å². The summed E-state index contributed by atoms with van der Waals surface area (Å²) in [4.78, 5) is 30.9. The smallest absolute Gasteiger partial charge is 0.416 e. The van der Waals surface area contributed by atoms with Crippen LogP contribution in [0, 0.1) is 6.92 Å². The largest absolute Gasteiger partial charge is 0.464 e. The number of likely N-dealkylation sites (tertiary alicyclic amines) is 1. The van der Waals surface area contributed by atoms with Crippen LogP contribution in [-0.4, -0.2) is 55.9 Å². The van der Waals surface area contributed by atoms with E-state index in [1.807, 2.05) is 24.3 Å². The molecule has 4 aromatic rings. The van der Waals surface area contributed by atoms with E-state index < -0.39 is 12.2 Å². The van der Waals surface area contributed by atoms with E-state index in [0.717, 1.165) is 27.0 Å². The van der Waals surface area contributed by atoms with Gasteiger partial charge in [-0.05, 0) is 49.7 Å². The Morgan fingerprint density at radius 1 is 1.23 bits per heavy atom. The fourth-order valence-corrected chi connectivity index (χ4v) is 5.12. The van der Waals surface area contributed by atoms with E-state index in [4.69, 9.17) is 0 Å². The van der Waals surface area contributed by atoms with Crippen LogP contribution in [0.5, 0.6) is 0 Å². The highest BCUT2D eigenvalue weighted by molar-refractivity contribution is 7.21. The Bertz CT molecular complexity index is 1340. The van der Waals surface area contributed by atoms with Crippen LogP contribution in [0.15, 0.2) is 42.6 Å². The van der Waals surface area contributed by atoms with E-state index in [2.05, 4.69) is 10.3 Å². The van der Waals surface area contributed by atoms with Crippen molar-refractivity contribution >= 4 is 55.8 Å². The van der Waals surface area contributed by atoms with E-state index in [1.165, 1.54) is 15.9 Å². The minimum atomic E-state index is -1.01. The van der Waals surface area contributed by atoms with Crippen molar-refractivity contribution in [3.8, 4) is 0 Å². The number of amides is 1. The van der Waals surface area contributed by atoms with Gasteiger partial charge in [-0.1, -0.05) is 0 Å². The van der Waals surface area contributed by atoms with Crippen molar-refractivity contribution < 1.29 is 19.8 Å². The monoisotopic (exact) mass is 436 g/mol. The number of rotatable bonds is 3. The maximum atomic E-state index is 12.8. The Hall–Kier alpha value is -3.43. The summed E-state index contributed by atoms with van der Waals surface area (Å²) in [5, 5.41) is 23.3. The van der Waals surface area contributed by atoms with Gasteiger partial charge in [0.15, 0.2) is 0 Å². The van der Waals surface area contributed by atoms with E-state index in [1.54, 1.807) is 30.2 Å². The van der Waals surface area contributed by atoms with Gasteiger partial charge in [0.05, 0.1) is 32.4 Å². The zero-order valence-corrected chi connectivity index (χ0v) is 17.5. The lowest BCUT2D eigenvalue weighted by Crippen LogP contribution is -2.28. The van der Waals surface area contributed by atoms with Gasteiger partial charge in [-0.2, -0.15) is 0 Å². The molecule has 9 heteroatoms. The van der Waals surface area contributed by atoms with Crippen molar-refractivity contribution in [2.75, 3.05) is 18.4 Å². The van der Waals surface area contributed by atoms with Crippen LogP contribution in [-0.2, 0) is 0 Å². The maximum Gasteiger partial charge on any atom is 0.416 e. The van der Waals surface area contributed by atoms with Crippen molar-refractivity contribution in [2.24, 2.45) is 0 Å². The number of β-amino-alcohol motifs (C(OH)–C–C–N with tert-alkyl or cyclic N) is 1. The molecule has 1 aromatic carbocycles. The summed E-state index contributed by atoms with van der Waals surface area (Å²) in [5.41, 5.74) is 3.65. The number of benzene rings is 1. The molecule has 0 bridgehead atoms. The number of fused-ring (bicyclic) bond motifs is 2. The molecule has 3 N–H and O–H groups in total. The molecule has 158 valence electrons. The third-order valence-corrected chi connectivity index (χ3v) is 6.67. The normalized spacial score (nSPS) is 16.3. The second kappa shape index (κ2) is 7.36. The third kappa shape index (κ3) is 3.41. The average molecular weight is 436 g/mol. The van der Waals surface area contributed by atoms with Gasteiger partial charge in [0, 0.05) is 36.1 Å². The predicted octanol–water partition coefficient (Wildman–Crippen LogP) is 4.04. The molecule has 5 rings (SSSR count). The molecule has 31 heavy (non-hydrogen) atoms. The molecular weight excluding hydrogens is 416 g/mol. The number of thiophene rings is 1. The Morgan fingerprint density at radius 2 is 2.06 bits per heavy atom. The fraction of sp³-hybridized carbons (Fsp3) is 0.227. The first-order valence-electron chi connectivity index (χ1n) is 9.89. The lowest BCUT2D eigenvalue weighted by atomic mass is 10.2. The number of aliphatic hydroxyl groups is 1. The Kier molecular flexibility index (Phi) is 4.64. The Balaban J connectivity index is 1.47. The molecule has 1 saturated heterocycles. The SMILES string of the molecule is Cc1cc2cc(Nc3ccnc4cc(C(=O)N5CCC(O)C5)sc34)ccc2n1C(=O)O. The summed E-state index contributed by atoms with van der Waals surface area (Å²) in [5.74, 6) is -0.0857. The summed E-state index contributed by atoms with van der Waals surface area (Å²) in [6.45, 7) is 2.68. The minimum absolute atomic E-state index is 0.0857. The van der Waals surface area contributed by atoms with Crippen LogP contribution in [0.25, 0.3) is 21.1 Å². The summed E-state index contributed by atoms with van der Waals surface area (Å²) in [6.07, 6.45) is 0.829. The third-order valence-electron chi connectivity index (χ3n) is 5.53. The van der Waals surface area contributed by atoms with Crippen molar-refractivity contribution in [1.29, 1.82) is 0 Å². The van der Waals surface area contributed by atoms with Crippen LogP contribution in [0.1, 0.15) is 21.8 Å². The van der Waals surface area contributed by atoms with Gasteiger partial charge in [-0.15, -0.1) is 11.3 Å². The molecule has 1 amide bonds. The first-order valence-corrected chi connectivity index (χ1v) is 10.7. The molecule has 1 atom stereocenters. The molecule has 0 spiro atoms. The molecule has 4 heterocycles. The summed E-state index contributed by atoms with van der Waals surface area (Å²) in [6, 6.07) is 11.0. The molecule has 0 radical (unpaired) electrons. The maximum absolute atomic E-state index is 12.8. The quantitative estimate of drug-likeness (QED) is 0.447. The van der Waals surface area contributed by atoms with E-state index in [-0.39, 0.29) is 5.91 Å². The summed E-state index contributed by atoms with van der Waals surface area (Å²) in [7, 11) is 0. The van der Waals surface area contributed by atoms with E-state index in [0.29, 0.717) is 35.6 Å². The van der Waals surface area contributed by atoms with Gasteiger partial charge in [-0.25, -0.2) is 4.79 Å². The van der Waals surface area contributed by atoms with Crippen molar-refractivity contribution in [3.63, 3.8) is 0 Å². The number of nitrogens with zero attached hydrogens (tertiary/aromatic N) is 3. The highest BCUT2D eigenvalue weighted by Gasteiger charge is 2.27. The van der Waals surface area contributed by atoms with Crippen LogP contribution >= 0.6 is 11.3 Å². The lowest BCUT2D eigenvalue weighted by Gasteiger charge is -2.13. The number of anilines is 2. The van der Waals surface area contributed by atoms with Crippen molar-refractivity contribution in [1.82, 2.24) is 14.5 Å². The number of carbonyl (C=O) groups excluding carboxylic acids is 1. The second-order valence-corrected chi connectivity index (χ2v) is 8.73. The highest BCUT2D eigenvalue weighted by atomic mass is 32.1. The number of carbonyl (C=O) groups is 2.